The number of carbonyl (C=O) groups excluding carboxylic acids is 2. The quantitative estimate of drug-likeness (QED) is 0.480. The molecule has 15 heavy (non-hydrogen) atoms. The van der Waals surface area contributed by atoms with Crippen LogP contribution >= 0.6 is 15.9 Å². The molecule has 1 aromatic carbocycles. The normalized spacial score (nSPS) is 9.40. The number of nitrogens with zero attached hydrogens (tertiary/aromatic N) is 1. The van der Waals surface area contributed by atoms with Crippen molar-refractivity contribution in [1.29, 1.82) is 5.26 Å². The van der Waals surface area contributed by atoms with Crippen LogP contribution in [0.4, 0.5) is 4.39 Å². The predicted octanol–water partition coefficient (Wildman–Crippen LogP) is 2.09. The highest BCUT2D eigenvalue weighted by Crippen LogP contribution is 2.16. The number of halogens is 2. The van der Waals surface area contributed by atoms with Gasteiger partial charge in [-0.25, -0.2) is 4.39 Å². The first-order valence-corrected chi connectivity index (χ1v) is 5.04. The summed E-state index contributed by atoms with van der Waals surface area (Å²) < 4.78 is 13.4. The molecule has 3 nitrogen and oxygen atoms in total. The molecule has 0 spiro atoms. The number of ketones is 1. The van der Waals surface area contributed by atoms with Gasteiger partial charge in [-0.15, -0.1) is 0 Å². The van der Waals surface area contributed by atoms with Crippen molar-refractivity contribution in [1.82, 2.24) is 0 Å². The van der Waals surface area contributed by atoms with Gasteiger partial charge in [-0.05, 0) is 12.1 Å². The highest BCUT2D eigenvalue weighted by atomic mass is 79.9. The van der Waals surface area contributed by atoms with Crippen molar-refractivity contribution in [3.8, 4) is 6.07 Å². The second-order valence-electron chi connectivity index (χ2n) is 2.72. The van der Waals surface area contributed by atoms with Crippen LogP contribution in [0.1, 0.15) is 26.3 Å². The van der Waals surface area contributed by atoms with Gasteiger partial charge in [0, 0.05) is 5.56 Å². The monoisotopic (exact) mass is 269 g/mol. The third-order valence-electron chi connectivity index (χ3n) is 1.77. The Balaban J connectivity index is 3.45. The maximum Gasteiger partial charge on any atom is 0.176 e. The molecule has 0 radical (unpaired) electrons. The zero-order chi connectivity index (χ0) is 11.4. The van der Waals surface area contributed by atoms with Gasteiger partial charge in [-0.2, -0.15) is 5.26 Å². The molecule has 0 N–H and O–H groups in total. The summed E-state index contributed by atoms with van der Waals surface area (Å²) in [6.45, 7) is 0. The molecular formula is C10H5BrFNO2. The van der Waals surface area contributed by atoms with Crippen molar-refractivity contribution >= 4 is 28.0 Å². The van der Waals surface area contributed by atoms with E-state index in [1.165, 1.54) is 0 Å². The molecule has 0 saturated carbocycles. The highest BCUT2D eigenvalue weighted by Gasteiger charge is 2.15. The fourth-order valence-corrected chi connectivity index (χ4v) is 1.37. The summed E-state index contributed by atoms with van der Waals surface area (Å²) in [7, 11) is 0. The Morgan fingerprint density at radius 2 is 2.27 bits per heavy atom. The Kier molecular flexibility index (Phi) is 3.69. The maximum absolute atomic E-state index is 13.4. The van der Waals surface area contributed by atoms with Gasteiger partial charge in [0.05, 0.1) is 16.5 Å². The van der Waals surface area contributed by atoms with E-state index >= 15 is 0 Å². The molecule has 0 unspecified atom stereocenters. The third kappa shape index (κ3) is 2.28. The number of hydrogen-bond acceptors (Lipinski definition) is 3. The molecule has 0 bridgehead atoms. The van der Waals surface area contributed by atoms with E-state index in [0.29, 0.717) is 6.29 Å². The molecule has 0 aliphatic heterocycles. The second-order valence-corrected chi connectivity index (χ2v) is 3.28. The van der Waals surface area contributed by atoms with Gasteiger partial charge in [0.25, 0.3) is 0 Å². The summed E-state index contributed by atoms with van der Waals surface area (Å²) in [6, 6.07) is 3.82. The summed E-state index contributed by atoms with van der Waals surface area (Å²) >= 11 is 2.89. The number of carbonyl (C=O) groups is 2. The largest absolute Gasteiger partial charge is 0.298 e. The zero-order valence-corrected chi connectivity index (χ0v) is 9.04. The Morgan fingerprint density at radius 1 is 1.60 bits per heavy atom. The van der Waals surface area contributed by atoms with E-state index in [0.717, 1.165) is 12.1 Å². The van der Waals surface area contributed by atoms with Gasteiger partial charge in [0.1, 0.15) is 12.4 Å². The lowest BCUT2D eigenvalue weighted by atomic mass is 10.0. The van der Waals surface area contributed by atoms with Crippen molar-refractivity contribution in [3.63, 3.8) is 0 Å². The van der Waals surface area contributed by atoms with Gasteiger partial charge in [0.15, 0.2) is 11.6 Å². The summed E-state index contributed by atoms with van der Waals surface area (Å²) in [6.07, 6.45) is 0.464. The maximum atomic E-state index is 13.4. The highest BCUT2D eigenvalue weighted by molar-refractivity contribution is 9.09. The number of benzene rings is 1. The lowest BCUT2D eigenvalue weighted by molar-refractivity contribution is 0.102. The minimum absolute atomic E-state index is 0.0584. The minimum Gasteiger partial charge on any atom is -0.298 e. The molecule has 0 saturated heterocycles. The van der Waals surface area contributed by atoms with E-state index in [-0.39, 0.29) is 22.0 Å². The van der Waals surface area contributed by atoms with E-state index in [2.05, 4.69) is 15.9 Å². The Labute approximate surface area is 93.6 Å². The van der Waals surface area contributed by atoms with E-state index in [1.54, 1.807) is 6.07 Å². The van der Waals surface area contributed by atoms with Gasteiger partial charge in [-0.3, -0.25) is 9.59 Å². The van der Waals surface area contributed by atoms with Gasteiger partial charge in [-0.1, -0.05) is 15.9 Å². The predicted molar refractivity (Wildman–Crippen MR) is 54.6 cm³/mol. The van der Waals surface area contributed by atoms with Gasteiger partial charge >= 0.3 is 0 Å². The van der Waals surface area contributed by atoms with E-state index in [9.17, 15) is 14.0 Å². The van der Waals surface area contributed by atoms with Crippen molar-refractivity contribution < 1.29 is 14.0 Å². The Morgan fingerprint density at radius 3 is 2.73 bits per heavy atom. The van der Waals surface area contributed by atoms with Crippen LogP contribution in [0, 0.1) is 17.1 Å². The van der Waals surface area contributed by atoms with E-state index in [4.69, 9.17) is 5.26 Å². The van der Waals surface area contributed by atoms with Crippen molar-refractivity contribution in [3.05, 3.63) is 34.6 Å². The van der Waals surface area contributed by atoms with Crippen LogP contribution in [-0.4, -0.2) is 17.4 Å². The van der Waals surface area contributed by atoms with Crippen molar-refractivity contribution in [2.75, 3.05) is 5.33 Å². The zero-order valence-electron chi connectivity index (χ0n) is 7.46. The first-order chi connectivity index (χ1) is 7.13. The standard InChI is InChI=1S/C10H5BrFNO2/c11-3-9(15)8-2-6(5-14)1-7(4-13)10(8)12/h1-2,5H,3H2. The Hall–Kier alpha value is -1.54. The molecule has 0 aliphatic rings. The van der Waals surface area contributed by atoms with Crippen LogP contribution in [0.2, 0.25) is 0 Å². The first kappa shape index (κ1) is 11.5. The summed E-state index contributed by atoms with van der Waals surface area (Å²) in [5.41, 5.74) is -0.436. The molecule has 1 aromatic rings. The van der Waals surface area contributed by atoms with Gasteiger partial charge < -0.3 is 0 Å². The molecule has 1 rings (SSSR count). The van der Waals surface area contributed by atoms with Crippen LogP contribution < -0.4 is 0 Å². The Bertz CT molecular complexity index is 465. The lowest BCUT2D eigenvalue weighted by Crippen LogP contribution is -2.06. The number of aldehydes is 1. The van der Waals surface area contributed by atoms with E-state index in [1.807, 2.05) is 0 Å². The molecule has 0 fully saturated rings. The molecule has 0 heterocycles. The summed E-state index contributed by atoms with van der Waals surface area (Å²) in [5, 5.41) is 8.53. The average Bonchev–Trinajstić information content (AvgIpc) is 2.28. The van der Waals surface area contributed by atoms with Crippen molar-refractivity contribution in [2.24, 2.45) is 0 Å². The summed E-state index contributed by atoms with van der Waals surface area (Å²) in [5.74, 6) is -1.39. The van der Waals surface area contributed by atoms with Crippen LogP contribution in [-0.2, 0) is 0 Å². The summed E-state index contributed by atoms with van der Waals surface area (Å²) in [4.78, 5) is 21.8. The molecule has 0 atom stereocenters. The number of Topliss-reactive ketones (excluding diaryl/α,β-unsaturated/α-hetero) is 1. The second kappa shape index (κ2) is 4.80. The number of hydrogen-bond donors (Lipinski definition) is 0. The van der Waals surface area contributed by atoms with Crippen LogP contribution in [0.25, 0.3) is 0 Å². The topological polar surface area (TPSA) is 57.9 Å². The molecule has 76 valence electrons. The van der Waals surface area contributed by atoms with E-state index < -0.39 is 11.6 Å². The third-order valence-corrected chi connectivity index (χ3v) is 2.28. The van der Waals surface area contributed by atoms with Crippen molar-refractivity contribution in [2.45, 2.75) is 0 Å². The minimum atomic E-state index is -0.882. The first-order valence-electron chi connectivity index (χ1n) is 3.92. The molecule has 0 aromatic heterocycles. The van der Waals surface area contributed by atoms with Crippen LogP contribution in [0.3, 0.4) is 0 Å². The fraction of sp³-hybridized carbons (Fsp3) is 0.100. The smallest absolute Gasteiger partial charge is 0.176 e. The number of nitriles is 1. The lowest BCUT2D eigenvalue weighted by Gasteiger charge is -2.02. The number of alkyl halides is 1. The van der Waals surface area contributed by atoms with Gasteiger partial charge in [0.2, 0.25) is 0 Å². The fourth-order valence-electron chi connectivity index (χ4n) is 1.07. The molecular weight excluding hydrogens is 265 g/mol. The molecule has 5 heteroatoms. The van der Waals surface area contributed by atoms with Crippen LogP contribution in [0.15, 0.2) is 12.1 Å². The SMILES string of the molecule is N#Cc1cc(C=O)cc(C(=O)CBr)c1F. The van der Waals surface area contributed by atoms with Crippen LogP contribution in [0.5, 0.6) is 0 Å². The average molecular weight is 270 g/mol. The molecule has 0 aliphatic carbocycles. The number of rotatable bonds is 3. The molecule has 0 amide bonds.